The zero-order chi connectivity index (χ0) is 29.7. The molecule has 4 nitrogen and oxygen atoms in total. The summed E-state index contributed by atoms with van der Waals surface area (Å²) in [5.74, 6) is 0.859. The molecule has 1 aromatic heterocycles. The third kappa shape index (κ3) is 4.55. The van der Waals surface area contributed by atoms with Crippen LogP contribution < -0.4 is 10.6 Å². The van der Waals surface area contributed by atoms with E-state index < -0.39 is 0 Å². The van der Waals surface area contributed by atoms with E-state index in [2.05, 4.69) is 144 Å². The first-order chi connectivity index (χ1) is 22.3. The second kappa shape index (κ2) is 10.5. The minimum atomic E-state index is -0.268. The molecule has 2 heterocycles. The topological polar surface area (TPSA) is 49.6 Å². The Hall–Kier alpha value is -5.71. The van der Waals surface area contributed by atoms with Crippen molar-refractivity contribution in [1.82, 2.24) is 10.6 Å². The zero-order valence-corrected chi connectivity index (χ0v) is 24.4. The number of nitrogens with zero attached hydrogens (tertiary/aromatic N) is 1. The van der Waals surface area contributed by atoms with Gasteiger partial charge >= 0.3 is 0 Å². The van der Waals surface area contributed by atoms with Gasteiger partial charge in [-0.1, -0.05) is 121 Å². The smallest absolute Gasteiger partial charge is 0.135 e. The molecular formula is C41H29N3O. The SMILES string of the molecule is c1ccc(-c2ccc3ccc(C4N=C(c5ccc6ccccc6c5)NC(c5cccc6oc7ccccc7c56)N4)cc3c2)cc1. The van der Waals surface area contributed by atoms with E-state index in [-0.39, 0.29) is 12.3 Å². The second-order valence-corrected chi connectivity index (χ2v) is 11.7. The molecule has 0 amide bonds. The summed E-state index contributed by atoms with van der Waals surface area (Å²) in [5.41, 5.74) is 7.48. The Morgan fingerprint density at radius 3 is 2.13 bits per heavy atom. The molecule has 9 rings (SSSR count). The summed E-state index contributed by atoms with van der Waals surface area (Å²) in [6.45, 7) is 0. The lowest BCUT2D eigenvalue weighted by Crippen LogP contribution is -2.45. The van der Waals surface area contributed by atoms with Gasteiger partial charge in [0.05, 0.1) is 0 Å². The molecule has 45 heavy (non-hydrogen) atoms. The molecule has 1 aliphatic rings. The highest BCUT2D eigenvalue weighted by Crippen LogP contribution is 2.36. The van der Waals surface area contributed by atoms with Gasteiger partial charge in [0.15, 0.2) is 0 Å². The molecule has 0 saturated carbocycles. The first kappa shape index (κ1) is 25.8. The van der Waals surface area contributed by atoms with Crippen LogP contribution in [-0.4, -0.2) is 5.84 Å². The number of fused-ring (bicyclic) bond motifs is 5. The fraction of sp³-hybridized carbons (Fsp3) is 0.0488. The molecule has 2 N–H and O–H groups in total. The number of furan rings is 1. The molecule has 0 bridgehead atoms. The molecule has 7 aromatic carbocycles. The van der Waals surface area contributed by atoms with E-state index in [1.54, 1.807) is 0 Å². The predicted octanol–water partition coefficient (Wildman–Crippen LogP) is 9.90. The lowest BCUT2D eigenvalue weighted by atomic mass is 9.98. The van der Waals surface area contributed by atoms with Crippen LogP contribution in [0.1, 0.15) is 29.0 Å². The van der Waals surface area contributed by atoms with Crippen LogP contribution in [0, 0.1) is 0 Å². The first-order valence-electron chi connectivity index (χ1n) is 15.4. The number of benzene rings is 7. The molecule has 0 aliphatic carbocycles. The second-order valence-electron chi connectivity index (χ2n) is 11.7. The van der Waals surface area contributed by atoms with Crippen LogP contribution in [0.5, 0.6) is 0 Å². The minimum absolute atomic E-state index is 0.204. The van der Waals surface area contributed by atoms with E-state index in [4.69, 9.17) is 9.41 Å². The number of rotatable bonds is 4. The highest BCUT2D eigenvalue weighted by molar-refractivity contribution is 6.08. The molecule has 8 aromatic rings. The summed E-state index contributed by atoms with van der Waals surface area (Å²) in [6.07, 6.45) is -0.471. The van der Waals surface area contributed by atoms with E-state index in [1.165, 1.54) is 32.7 Å². The van der Waals surface area contributed by atoms with Crippen molar-refractivity contribution in [2.75, 3.05) is 0 Å². The van der Waals surface area contributed by atoms with Crippen molar-refractivity contribution in [2.45, 2.75) is 12.3 Å². The predicted molar refractivity (Wildman–Crippen MR) is 185 cm³/mol. The molecule has 0 fully saturated rings. The number of para-hydroxylation sites is 1. The molecule has 2 atom stereocenters. The van der Waals surface area contributed by atoms with Crippen molar-refractivity contribution < 1.29 is 4.42 Å². The Morgan fingerprint density at radius 2 is 1.22 bits per heavy atom. The molecule has 1 aliphatic heterocycles. The van der Waals surface area contributed by atoms with E-state index >= 15 is 0 Å². The van der Waals surface area contributed by atoms with Gasteiger partial charge in [0.1, 0.15) is 29.3 Å². The van der Waals surface area contributed by atoms with Crippen molar-refractivity contribution in [3.8, 4) is 11.1 Å². The molecule has 0 radical (unpaired) electrons. The molecule has 0 saturated heterocycles. The number of nitrogens with one attached hydrogen (secondary N) is 2. The summed E-state index contributed by atoms with van der Waals surface area (Å²) >= 11 is 0. The summed E-state index contributed by atoms with van der Waals surface area (Å²) < 4.78 is 6.27. The Balaban J connectivity index is 1.19. The van der Waals surface area contributed by atoms with Gasteiger partial charge in [-0.05, 0) is 68.6 Å². The van der Waals surface area contributed by atoms with Gasteiger partial charge in [-0.25, -0.2) is 4.99 Å². The normalized spacial score (nSPS) is 16.7. The molecule has 4 heteroatoms. The third-order valence-corrected chi connectivity index (χ3v) is 8.92. The highest BCUT2D eigenvalue weighted by atomic mass is 16.3. The fourth-order valence-corrected chi connectivity index (χ4v) is 6.66. The first-order valence-corrected chi connectivity index (χ1v) is 15.4. The van der Waals surface area contributed by atoms with Gasteiger partial charge in [-0.15, -0.1) is 0 Å². The fourth-order valence-electron chi connectivity index (χ4n) is 6.66. The summed E-state index contributed by atoms with van der Waals surface area (Å²) in [4.78, 5) is 5.29. The van der Waals surface area contributed by atoms with E-state index in [9.17, 15) is 0 Å². The van der Waals surface area contributed by atoms with E-state index in [0.717, 1.165) is 44.5 Å². The summed E-state index contributed by atoms with van der Waals surface area (Å²) in [5, 5.41) is 14.6. The number of hydrogen-bond acceptors (Lipinski definition) is 4. The average Bonchev–Trinajstić information content (AvgIpc) is 3.50. The van der Waals surface area contributed by atoms with E-state index in [0.29, 0.717) is 0 Å². The van der Waals surface area contributed by atoms with Crippen molar-refractivity contribution in [2.24, 2.45) is 4.99 Å². The zero-order valence-electron chi connectivity index (χ0n) is 24.4. The van der Waals surface area contributed by atoms with Crippen LogP contribution in [0.3, 0.4) is 0 Å². The van der Waals surface area contributed by atoms with Crippen molar-refractivity contribution >= 4 is 49.3 Å². The number of aliphatic imine (C=N–C) groups is 1. The van der Waals surface area contributed by atoms with Gasteiger partial charge < -0.3 is 9.73 Å². The minimum Gasteiger partial charge on any atom is -0.456 e. The molecule has 0 spiro atoms. The number of hydrogen-bond donors (Lipinski definition) is 2. The Kier molecular flexibility index (Phi) is 6.00. The van der Waals surface area contributed by atoms with Crippen LogP contribution in [0.25, 0.3) is 54.6 Å². The lowest BCUT2D eigenvalue weighted by molar-refractivity contribution is 0.411. The summed E-state index contributed by atoms with van der Waals surface area (Å²) in [6, 6.07) is 53.5. The monoisotopic (exact) mass is 579 g/mol. The van der Waals surface area contributed by atoms with E-state index in [1.807, 2.05) is 18.2 Å². The largest absolute Gasteiger partial charge is 0.456 e. The Labute approximate surface area is 260 Å². The summed E-state index contributed by atoms with van der Waals surface area (Å²) in [7, 11) is 0. The van der Waals surface area contributed by atoms with Crippen LogP contribution in [-0.2, 0) is 0 Å². The maximum Gasteiger partial charge on any atom is 0.135 e. The third-order valence-electron chi connectivity index (χ3n) is 8.92. The van der Waals surface area contributed by atoms with Crippen molar-refractivity contribution in [3.05, 3.63) is 168 Å². The van der Waals surface area contributed by atoms with Crippen LogP contribution in [0.15, 0.2) is 161 Å². The highest BCUT2D eigenvalue weighted by Gasteiger charge is 2.28. The quantitative estimate of drug-likeness (QED) is 0.218. The van der Waals surface area contributed by atoms with Gasteiger partial charge in [0, 0.05) is 21.9 Å². The average molecular weight is 580 g/mol. The lowest BCUT2D eigenvalue weighted by Gasteiger charge is -2.32. The van der Waals surface area contributed by atoms with Gasteiger partial charge in [-0.2, -0.15) is 0 Å². The molecule has 2 unspecified atom stereocenters. The Bertz CT molecular complexity index is 2410. The van der Waals surface area contributed by atoms with Crippen LogP contribution >= 0.6 is 0 Å². The maximum absolute atomic E-state index is 6.27. The van der Waals surface area contributed by atoms with Crippen molar-refractivity contribution in [3.63, 3.8) is 0 Å². The molecule has 214 valence electrons. The van der Waals surface area contributed by atoms with Gasteiger partial charge in [0.2, 0.25) is 0 Å². The van der Waals surface area contributed by atoms with Gasteiger partial charge in [0.25, 0.3) is 0 Å². The van der Waals surface area contributed by atoms with Crippen LogP contribution in [0.4, 0.5) is 0 Å². The van der Waals surface area contributed by atoms with Crippen LogP contribution in [0.2, 0.25) is 0 Å². The Morgan fingerprint density at radius 1 is 0.511 bits per heavy atom. The molecular weight excluding hydrogens is 550 g/mol. The number of amidine groups is 1. The standard InChI is InChI=1S/C41H29N3O/c1-2-9-26(10-3-1)30-20-17-28-19-22-32(25-33(28)24-30)40-42-39(31-21-18-27-11-4-5-12-29(27)23-31)43-41(44-40)35-14-8-16-37-38(35)34-13-6-7-15-36(34)45-37/h1-25,40-41,44H,(H,42,43). The maximum atomic E-state index is 6.27. The van der Waals surface area contributed by atoms with Crippen molar-refractivity contribution in [1.29, 1.82) is 0 Å². The van der Waals surface area contributed by atoms with Gasteiger partial charge in [-0.3, -0.25) is 5.32 Å².